The zero-order valence-electron chi connectivity index (χ0n) is 27.8. The average Bonchev–Trinajstić information content (AvgIpc) is 2.65. The summed E-state index contributed by atoms with van der Waals surface area (Å²) in [5.74, 6) is -2.32. The van der Waals surface area contributed by atoms with Gasteiger partial charge in [-0.1, -0.05) is 13.5 Å². The summed E-state index contributed by atoms with van der Waals surface area (Å²) >= 11 is 0. The van der Waals surface area contributed by atoms with E-state index in [9.17, 15) is 9.59 Å². The average molecular weight is 688 g/mol. The molecule has 0 aromatic rings. The first-order valence-corrected chi connectivity index (χ1v) is 33.2. The highest BCUT2D eigenvalue weighted by Gasteiger charge is 2.53. The van der Waals surface area contributed by atoms with Crippen molar-refractivity contribution < 1.29 is 40.3 Å². The first kappa shape index (κ1) is 39.8. The van der Waals surface area contributed by atoms with E-state index in [1.54, 1.807) is 6.92 Å². The molecule has 10 nitrogen and oxygen atoms in total. The quantitative estimate of drug-likeness (QED) is 0.0756. The molecule has 1 atom stereocenters. The third-order valence-corrected chi connectivity index (χ3v) is 24.6. The Kier molecular flexibility index (Phi) is 15.4. The van der Waals surface area contributed by atoms with E-state index in [1.165, 1.54) is 0 Å². The lowest BCUT2D eigenvalue weighted by Crippen LogP contribution is -2.67. The number of ether oxygens (including phenoxy) is 2. The van der Waals surface area contributed by atoms with E-state index in [4.69, 9.17) is 30.7 Å². The summed E-state index contributed by atoms with van der Waals surface area (Å²) in [6.45, 7) is 32.3. The van der Waals surface area contributed by atoms with Gasteiger partial charge in [-0.15, -0.1) is 0 Å². The molecule has 0 spiro atoms. The van der Waals surface area contributed by atoms with Gasteiger partial charge in [0.2, 0.25) is 5.91 Å². The van der Waals surface area contributed by atoms with E-state index in [-0.39, 0.29) is 24.7 Å². The minimum Gasteiger partial charge on any atom is -0.466 e. The van der Waals surface area contributed by atoms with Crippen molar-refractivity contribution in [2.75, 3.05) is 13.2 Å². The van der Waals surface area contributed by atoms with Crippen molar-refractivity contribution in [2.45, 2.75) is 104 Å². The fourth-order valence-electron chi connectivity index (χ4n) is 4.04. The Balaban J connectivity index is 6.51. The maximum absolute atomic E-state index is 13.2. The third-order valence-electron chi connectivity index (χ3n) is 4.70. The summed E-state index contributed by atoms with van der Waals surface area (Å²) in [4.78, 5) is 24.9. The molecule has 17 heteroatoms. The van der Waals surface area contributed by atoms with E-state index in [2.05, 4.69) is 90.5 Å². The lowest BCUT2D eigenvalue weighted by atomic mass is 10.1. The molecule has 0 aromatic heterocycles. The van der Waals surface area contributed by atoms with Crippen LogP contribution >= 0.6 is 0 Å². The van der Waals surface area contributed by atoms with Crippen molar-refractivity contribution >= 4 is 73.2 Å². The number of hydrogen-bond acceptors (Lipinski definition) is 9. The second-order valence-electron chi connectivity index (χ2n) is 14.2. The molecule has 0 aliphatic carbocycles. The number of amides is 1. The van der Waals surface area contributed by atoms with E-state index < -0.39 is 68.6 Å². The van der Waals surface area contributed by atoms with Gasteiger partial charge in [0.1, 0.15) is 23.7 Å². The molecule has 1 N–H and O–H groups in total. The summed E-state index contributed by atoms with van der Waals surface area (Å²) in [7, 11) is -11.9. The smallest absolute Gasteiger partial charge is 0.411 e. The number of esters is 1. The molecule has 0 aliphatic heterocycles. The third kappa shape index (κ3) is 17.0. The summed E-state index contributed by atoms with van der Waals surface area (Å²) in [5.41, 5.74) is 0.278. The number of carbonyl (C=O) groups excluding carboxylic acids is 2. The van der Waals surface area contributed by atoms with Gasteiger partial charge in [-0.2, -0.15) is 0 Å². The SMILES string of the molecule is C=C(C)C(=O)OCCOC(=O)NC(O[Si](C)(C)C)(O[Si](C)(C)C)C(C)C[Si](O[Si](C)(C)C)(O[Si](C)(C)C)[SiH2]O[SiH3]. The molecule has 0 saturated heterocycles. The van der Waals surface area contributed by atoms with Gasteiger partial charge in [0.05, 0.1) is 0 Å². The minimum atomic E-state index is -2.81. The van der Waals surface area contributed by atoms with Gasteiger partial charge in [-0.25, -0.2) is 9.59 Å². The predicted octanol–water partition coefficient (Wildman–Crippen LogP) is 3.85. The van der Waals surface area contributed by atoms with E-state index in [0.717, 1.165) is 0 Å². The van der Waals surface area contributed by atoms with Gasteiger partial charge in [0, 0.05) is 11.5 Å². The van der Waals surface area contributed by atoms with Crippen LogP contribution in [0.25, 0.3) is 0 Å². The number of nitrogens with one attached hydrogen (secondary N) is 1. The van der Waals surface area contributed by atoms with Crippen LogP contribution in [0.15, 0.2) is 12.2 Å². The maximum atomic E-state index is 13.2. The summed E-state index contributed by atoms with van der Waals surface area (Å²) in [5, 5.41) is 2.97. The molecule has 0 aliphatic rings. The molecule has 0 saturated carbocycles. The molecule has 0 bridgehead atoms. The standard InChI is InChI=1S/C23H57NO9Si7/c1-19(2)21(25)27-16-17-28-22(26)24-23(29-36(4,5)6,30-37(7,8)9)20(3)18-40(35-31-34,32-38(10,11)12)33-39(13,14)15/h20H,1,16-18,35H2,2-15,34H3,(H,24,26). The monoisotopic (exact) mass is 687 g/mol. The number of hydrogen-bond donors (Lipinski definition) is 1. The van der Waals surface area contributed by atoms with Crippen molar-refractivity contribution in [3.8, 4) is 0 Å². The zero-order chi connectivity index (χ0) is 31.8. The van der Waals surface area contributed by atoms with E-state index in [1.807, 2.05) is 6.92 Å². The van der Waals surface area contributed by atoms with Crippen LogP contribution in [0.1, 0.15) is 13.8 Å². The Labute approximate surface area is 253 Å². The second-order valence-corrected chi connectivity index (χ2v) is 42.0. The Morgan fingerprint density at radius 2 is 1.25 bits per heavy atom. The lowest BCUT2D eigenvalue weighted by molar-refractivity contribution is -0.180. The largest absolute Gasteiger partial charge is 0.466 e. The maximum Gasteiger partial charge on any atom is 0.411 e. The van der Waals surface area contributed by atoms with Gasteiger partial charge in [-0.05, 0) is 91.5 Å². The molecule has 0 aromatic carbocycles. The minimum absolute atomic E-state index is 0.0844. The van der Waals surface area contributed by atoms with Gasteiger partial charge in [0.15, 0.2) is 42.6 Å². The Morgan fingerprint density at radius 3 is 1.60 bits per heavy atom. The van der Waals surface area contributed by atoms with Crippen LogP contribution in [0.4, 0.5) is 4.79 Å². The fourth-order valence-corrected chi connectivity index (χ4v) is 34.7. The van der Waals surface area contributed by atoms with Crippen molar-refractivity contribution in [1.29, 1.82) is 0 Å². The van der Waals surface area contributed by atoms with Crippen molar-refractivity contribution in [1.82, 2.24) is 5.32 Å². The van der Waals surface area contributed by atoms with Crippen LogP contribution in [0.5, 0.6) is 0 Å². The highest BCUT2D eigenvalue weighted by Crippen LogP contribution is 2.37. The van der Waals surface area contributed by atoms with Gasteiger partial charge in [-0.3, -0.25) is 5.32 Å². The van der Waals surface area contributed by atoms with E-state index >= 15 is 0 Å². The van der Waals surface area contributed by atoms with Crippen molar-refractivity contribution in [3.05, 3.63) is 12.2 Å². The normalized spacial score (nSPS) is 14.8. The van der Waals surface area contributed by atoms with Crippen LogP contribution in [0.3, 0.4) is 0 Å². The van der Waals surface area contributed by atoms with Gasteiger partial charge >= 0.3 is 20.1 Å². The van der Waals surface area contributed by atoms with Crippen molar-refractivity contribution in [3.63, 3.8) is 0 Å². The molecule has 0 heterocycles. The predicted molar refractivity (Wildman–Crippen MR) is 180 cm³/mol. The van der Waals surface area contributed by atoms with E-state index in [0.29, 0.717) is 16.5 Å². The molecular formula is C23H57NO9Si7. The fraction of sp³-hybridized carbons (Fsp3) is 0.826. The number of carbonyl (C=O) groups is 2. The molecule has 1 amide bonds. The number of alkyl carbamates (subject to hydrolysis) is 1. The molecule has 1 unspecified atom stereocenters. The van der Waals surface area contributed by atoms with Crippen LogP contribution in [0, 0.1) is 5.92 Å². The summed E-state index contributed by atoms with van der Waals surface area (Å²) < 4.78 is 43.9. The molecule has 40 heavy (non-hydrogen) atoms. The molecule has 0 radical (unpaired) electrons. The van der Waals surface area contributed by atoms with Crippen LogP contribution in [0.2, 0.25) is 84.6 Å². The summed E-state index contributed by atoms with van der Waals surface area (Å²) in [6, 6.07) is 0.557. The molecule has 0 fully saturated rings. The topological polar surface area (TPSA) is 111 Å². The van der Waals surface area contributed by atoms with Crippen LogP contribution < -0.4 is 5.32 Å². The van der Waals surface area contributed by atoms with Crippen molar-refractivity contribution in [2.24, 2.45) is 5.92 Å². The first-order chi connectivity index (χ1) is 17.7. The lowest BCUT2D eigenvalue weighted by Gasteiger charge is -2.49. The Morgan fingerprint density at radius 1 is 0.825 bits per heavy atom. The van der Waals surface area contributed by atoms with Crippen LogP contribution in [-0.4, -0.2) is 92.3 Å². The second kappa shape index (κ2) is 15.5. The van der Waals surface area contributed by atoms with Gasteiger partial charge in [0.25, 0.3) is 0 Å². The highest BCUT2D eigenvalue weighted by molar-refractivity contribution is 7.20. The zero-order valence-corrected chi connectivity index (χ0v) is 36.2. The first-order valence-electron chi connectivity index (χ1n) is 13.8. The van der Waals surface area contributed by atoms with Gasteiger partial charge < -0.3 is 30.7 Å². The Bertz CT molecular complexity index is 818. The number of rotatable bonds is 18. The molecule has 236 valence electrons. The summed E-state index contributed by atoms with van der Waals surface area (Å²) in [6.07, 6.45) is -0.712. The molecule has 0 rings (SSSR count). The highest BCUT2D eigenvalue weighted by atomic mass is 29.2. The van der Waals surface area contributed by atoms with Crippen LogP contribution in [-0.2, 0) is 35.5 Å². The Hall–Kier alpha value is -0.202. The molecular weight excluding hydrogens is 631 g/mol.